The lowest BCUT2D eigenvalue weighted by Gasteiger charge is -2.26. The van der Waals surface area contributed by atoms with Crippen LogP contribution >= 0.6 is 11.6 Å². The van der Waals surface area contributed by atoms with Gasteiger partial charge in [-0.05, 0) is 24.3 Å². The van der Waals surface area contributed by atoms with E-state index >= 15 is 0 Å². The molecule has 0 saturated carbocycles. The molecule has 0 aliphatic carbocycles. The zero-order chi connectivity index (χ0) is 19.3. The number of carbonyl (C=O) groups is 2. The van der Waals surface area contributed by atoms with Crippen molar-refractivity contribution in [2.45, 2.75) is 4.90 Å². The summed E-state index contributed by atoms with van der Waals surface area (Å²) < 4.78 is 32.0. The molecular formula is C16H20ClN3O5S. The molecule has 0 unspecified atom stereocenters. The maximum Gasteiger partial charge on any atom is 0.246 e. The molecule has 1 heterocycles. The van der Waals surface area contributed by atoms with E-state index < -0.39 is 21.8 Å². The van der Waals surface area contributed by atoms with Crippen LogP contribution in [-0.4, -0.2) is 69.3 Å². The molecule has 0 radical (unpaired) electrons. The number of rotatable bonds is 6. The van der Waals surface area contributed by atoms with Crippen LogP contribution in [0.2, 0.25) is 5.02 Å². The summed E-state index contributed by atoms with van der Waals surface area (Å²) >= 11 is 6.07. The van der Waals surface area contributed by atoms with Gasteiger partial charge in [-0.15, -0.1) is 0 Å². The molecule has 1 aromatic rings. The molecule has 1 N–H and O–H groups in total. The standard InChI is InChI=1S/C16H20ClN3O5S/c1-3-16(22)19(2)11-15(21)18-12-4-5-13(17)14(10-12)26(23,24)20-6-8-25-9-7-20/h3-5,10H,1,6-9,11H2,2H3,(H,18,21). The van der Waals surface area contributed by atoms with Gasteiger partial charge in [0.1, 0.15) is 4.90 Å². The number of hydrogen-bond donors (Lipinski definition) is 1. The van der Waals surface area contributed by atoms with Gasteiger partial charge < -0.3 is 15.0 Å². The molecule has 1 aliphatic heterocycles. The van der Waals surface area contributed by atoms with Crippen molar-refractivity contribution >= 4 is 39.1 Å². The number of hydrogen-bond acceptors (Lipinski definition) is 5. The third-order valence-corrected chi connectivity index (χ3v) is 6.11. The summed E-state index contributed by atoms with van der Waals surface area (Å²) in [6.45, 7) is 4.26. The summed E-state index contributed by atoms with van der Waals surface area (Å²) in [4.78, 5) is 24.6. The number of sulfonamides is 1. The molecule has 1 saturated heterocycles. The summed E-state index contributed by atoms with van der Waals surface area (Å²) in [5.41, 5.74) is 0.269. The average molecular weight is 402 g/mol. The highest BCUT2D eigenvalue weighted by Crippen LogP contribution is 2.28. The van der Waals surface area contributed by atoms with Crippen molar-refractivity contribution in [3.8, 4) is 0 Å². The first kappa shape index (κ1) is 20.4. The third kappa shape index (κ3) is 4.82. The Hall–Kier alpha value is -1.94. The molecule has 0 spiro atoms. The van der Waals surface area contributed by atoms with E-state index in [-0.39, 0.29) is 35.2 Å². The zero-order valence-corrected chi connectivity index (χ0v) is 15.8. The van der Waals surface area contributed by atoms with Crippen LogP contribution in [0.3, 0.4) is 0 Å². The molecule has 2 rings (SSSR count). The smallest absolute Gasteiger partial charge is 0.246 e. The largest absolute Gasteiger partial charge is 0.379 e. The SMILES string of the molecule is C=CC(=O)N(C)CC(=O)Nc1ccc(Cl)c(S(=O)(=O)N2CCOCC2)c1. The molecule has 10 heteroatoms. The van der Waals surface area contributed by atoms with Crippen molar-refractivity contribution in [2.24, 2.45) is 0 Å². The van der Waals surface area contributed by atoms with Crippen molar-refractivity contribution in [2.75, 3.05) is 45.2 Å². The summed E-state index contributed by atoms with van der Waals surface area (Å²) in [5, 5.41) is 2.62. The minimum atomic E-state index is -3.80. The molecule has 0 aromatic heterocycles. The van der Waals surface area contributed by atoms with E-state index in [2.05, 4.69) is 11.9 Å². The lowest BCUT2D eigenvalue weighted by Crippen LogP contribution is -2.40. The van der Waals surface area contributed by atoms with E-state index in [4.69, 9.17) is 16.3 Å². The molecule has 0 bridgehead atoms. The van der Waals surface area contributed by atoms with Gasteiger partial charge in [0.25, 0.3) is 0 Å². The summed E-state index contributed by atoms with van der Waals surface area (Å²) in [5.74, 6) is -0.869. The van der Waals surface area contributed by atoms with Crippen LogP contribution in [0.5, 0.6) is 0 Å². The van der Waals surface area contributed by atoms with Crippen LogP contribution in [0.4, 0.5) is 5.69 Å². The van der Waals surface area contributed by atoms with Gasteiger partial charge in [0, 0.05) is 25.8 Å². The number of morpholine rings is 1. The van der Waals surface area contributed by atoms with Gasteiger partial charge in [-0.3, -0.25) is 9.59 Å². The van der Waals surface area contributed by atoms with Crippen LogP contribution in [0.1, 0.15) is 0 Å². The number of nitrogens with zero attached hydrogens (tertiary/aromatic N) is 2. The number of halogens is 1. The number of ether oxygens (including phenoxy) is 1. The van der Waals surface area contributed by atoms with E-state index in [0.717, 1.165) is 6.08 Å². The van der Waals surface area contributed by atoms with Crippen LogP contribution in [0.25, 0.3) is 0 Å². The first-order chi connectivity index (χ1) is 12.3. The number of benzene rings is 1. The van der Waals surface area contributed by atoms with Crippen LogP contribution in [-0.2, 0) is 24.3 Å². The van der Waals surface area contributed by atoms with Gasteiger partial charge in [0.15, 0.2) is 0 Å². The summed E-state index contributed by atoms with van der Waals surface area (Å²) in [6.07, 6.45) is 1.10. The fourth-order valence-corrected chi connectivity index (χ4v) is 4.26. The van der Waals surface area contributed by atoms with Crippen molar-refractivity contribution in [3.63, 3.8) is 0 Å². The number of likely N-dealkylation sites (N-methyl/N-ethyl adjacent to an activating group) is 1. The molecule has 1 fully saturated rings. The maximum absolute atomic E-state index is 12.8. The second-order valence-electron chi connectivity index (χ2n) is 5.61. The average Bonchev–Trinajstić information content (AvgIpc) is 2.63. The predicted molar refractivity (Wildman–Crippen MR) is 97.5 cm³/mol. The minimum absolute atomic E-state index is 0.0634. The Morgan fingerprint density at radius 1 is 1.38 bits per heavy atom. The quantitative estimate of drug-likeness (QED) is 0.716. The zero-order valence-electron chi connectivity index (χ0n) is 14.3. The van der Waals surface area contributed by atoms with Gasteiger partial charge >= 0.3 is 0 Å². The Labute approximate surface area is 157 Å². The van der Waals surface area contributed by atoms with Gasteiger partial charge in [0.2, 0.25) is 21.8 Å². The first-order valence-corrected chi connectivity index (χ1v) is 9.62. The third-order valence-electron chi connectivity index (χ3n) is 3.73. The number of anilines is 1. The Kier molecular flexibility index (Phi) is 6.76. The van der Waals surface area contributed by atoms with E-state index in [1.54, 1.807) is 0 Å². The highest BCUT2D eigenvalue weighted by atomic mass is 35.5. The van der Waals surface area contributed by atoms with E-state index in [9.17, 15) is 18.0 Å². The fourth-order valence-electron chi connectivity index (χ4n) is 2.35. The number of nitrogens with one attached hydrogen (secondary N) is 1. The Morgan fingerprint density at radius 3 is 2.65 bits per heavy atom. The maximum atomic E-state index is 12.8. The fraction of sp³-hybridized carbons (Fsp3) is 0.375. The second kappa shape index (κ2) is 8.63. The molecule has 142 valence electrons. The summed E-state index contributed by atoms with van der Waals surface area (Å²) in [6, 6.07) is 4.21. The van der Waals surface area contributed by atoms with Gasteiger partial charge in [-0.2, -0.15) is 4.31 Å². The van der Waals surface area contributed by atoms with E-state index in [1.807, 2.05) is 0 Å². The summed E-state index contributed by atoms with van der Waals surface area (Å²) in [7, 11) is -2.34. The molecular weight excluding hydrogens is 382 g/mol. The molecule has 8 nitrogen and oxygen atoms in total. The Balaban J connectivity index is 2.17. The lowest BCUT2D eigenvalue weighted by molar-refractivity contribution is -0.129. The Bertz CT molecular complexity index is 806. The van der Waals surface area contributed by atoms with Gasteiger partial charge in [-0.1, -0.05) is 18.2 Å². The molecule has 1 aliphatic rings. The molecule has 1 aromatic carbocycles. The van der Waals surface area contributed by atoms with E-state index in [1.165, 1.54) is 34.5 Å². The molecule has 0 atom stereocenters. The minimum Gasteiger partial charge on any atom is -0.379 e. The number of carbonyl (C=O) groups excluding carboxylic acids is 2. The highest BCUT2D eigenvalue weighted by Gasteiger charge is 2.28. The predicted octanol–water partition coefficient (Wildman–Crippen LogP) is 0.944. The van der Waals surface area contributed by atoms with Gasteiger partial charge in [0.05, 0.1) is 24.8 Å². The van der Waals surface area contributed by atoms with Crippen molar-refractivity contribution in [3.05, 3.63) is 35.9 Å². The molecule has 26 heavy (non-hydrogen) atoms. The van der Waals surface area contributed by atoms with Crippen molar-refractivity contribution < 1.29 is 22.7 Å². The van der Waals surface area contributed by atoms with Crippen LogP contribution < -0.4 is 5.32 Å². The normalized spacial score (nSPS) is 15.3. The molecule has 2 amide bonds. The number of amides is 2. The first-order valence-electron chi connectivity index (χ1n) is 7.80. The second-order valence-corrected chi connectivity index (χ2v) is 7.92. The Morgan fingerprint density at radius 2 is 2.04 bits per heavy atom. The lowest BCUT2D eigenvalue weighted by atomic mass is 10.3. The van der Waals surface area contributed by atoms with Crippen molar-refractivity contribution in [1.82, 2.24) is 9.21 Å². The van der Waals surface area contributed by atoms with Gasteiger partial charge in [-0.25, -0.2) is 8.42 Å². The van der Waals surface area contributed by atoms with Crippen LogP contribution in [0.15, 0.2) is 35.7 Å². The van der Waals surface area contributed by atoms with Crippen molar-refractivity contribution in [1.29, 1.82) is 0 Å². The monoisotopic (exact) mass is 401 g/mol. The highest BCUT2D eigenvalue weighted by molar-refractivity contribution is 7.89. The van der Waals surface area contributed by atoms with E-state index in [0.29, 0.717) is 13.2 Å². The topological polar surface area (TPSA) is 96.0 Å². The van der Waals surface area contributed by atoms with Crippen LogP contribution in [0, 0.1) is 0 Å².